The number of thioether (sulfide) groups is 1. The van der Waals surface area contributed by atoms with Crippen molar-refractivity contribution in [2.45, 2.75) is 26.3 Å². The molecule has 2 heteroatoms. The van der Waals surface area contributed by atoms with Crippen molar-refractivity contribution in [1.82, 2.24) is 5.32 Å². The second-order valence-electron chi connectivity index (χ2n) is 3.08. The first kappa shape index (κ1) is 8.41. The van der Waals surface area contributed by atoms with Gasteiger partial charge in [-0.3, -0.25) is 0 Å². The molecule has 0 radical (unpaired) electrons. The molecule has 1 aliphatic rings. The molecule has 1 saturated heterocycles. The number of nitrogens with one attached hydrogen (secondary N) is 1. The lowest BCUT2D eigenvalue weighted by Gasteiger charge is -2.15. The van der Waals surface area contributed by atoms with Gasteiger partial charge < -0.3 is 5.32 Å². The summed E-state index contributed by atoms with van der Waals surface area (Å²) in [7, 11) is 0. The number of rotatable bonds is 3. The van der Waals surface area contributed by atoms with Crippen LogP contribution in [0.1, 0.15) is 20.3 Å². The molecule has 0 bridgehead atoms. The molecule has 1 aliphatic heterocycles. The Hall–Kier alpha value is 0.310. The molecule has 1 N–H and O–H groups in total. The lowest BCUT2D eigenvalue weighted by atomic mass is 10.1. The Labute approximate surface area is 68.0 Å². The molecule has 0 aromatic heterocycles. The van der Waals surface area contributed by atoms with E-state index in [-0.39, 0.29) is 0 Å². The Morgan fingerprint density at radius 2 is 2.30 bits per heavy atom. The number of hydrogen-bond acceptors (Lipinski definition) is 2. The average Bonchev–Trinajstić information content (AvgIpc) is 2.31. The molecule has 1 nitrogen and oxygen atoms in total. The Bertz CT molecular complexity index is 95.3. The fraction of sp³-hybridized carbons (Fsp3) is 1.00. The molecule has 60 valence electrons. The van der Waals surface area contributed by atoms with Crippen LogP contribution in [0.15, 0.2) is 0 Å². The Morgan fingerprint density at radius 3 is 2.80 bits per heavy atom. The maximum absolute atomic E-state index is 3.56. The van der Waals surface area contributed by atoms with Crippen LogP contribution in [0.25, 0.3) is 0 Å². The summed E-state index contributed by atoms with van der Waals surface area (Å²) in [5, 5.41) is 3.56. The summed E-state index contributed by atoms with van der Waals surface area (Å²) in [6.45, 7) is 5.75. The quantitative estimate of drug-likeness (QED) is 0.673. The van der Waals surface area contributed by atoms with Crippen LogP contribution in [0.2, 0.25) is 0 Å². The van der Waals surface area contributed by atoms with Crippen LogP contribution in [0.5, 0.6) is 0 Å². The highest BCUT2D eigenvalue weighted by atomic mass is 32.2. The van der Waals surface area contributed by atoms with Crippen molar-refractivity contribution in [3.63, 3.8) is 0 Å². The summed E-state index contributed by atoms with van der Waals surface area (Å²) in [5.74, 6) is 3.55. The summed E-state index contributed by atoms with van der Waals surface area (Å²) in [6, 6.07) is 0.796. The van der Waals surface area contributed by atoms with Gasteiger partial charge in [0, 0.05) is 11.8 Å². The standard InChI is InChI=1S/C8H17NS/c1-3-4-9-8-6-10-5-7(8)2/h7-9H,3-6H2,1-2H3. The van der Waals surface area contributed by atoms with Gasteiger partial charge >= 0.3 is 0 Å². The molecule has 2 atom stereocenters. The minimum Gasteiger partial charge on any atom is -0.313 e. The van der Waals surface area contributed by atoms with E-state index in [0.29, 0.717) is 0 Å². The van der Waals surface area contributed by atoms with Crippen LogP contribution >= 0.6 is 11.8 Å². The third-order valence-corrected chi connectivity index (χ3v) is 3.38. The van der Waals surface area contributed by atoms with Crippen LogP contribution in [-0.2, 0) is 0 Å². The molecular weight excluding hydrogens is 142 g/mol. The van der Waals surface area contributed by atoms with E-state index in [0.717, 1.165) is 12.0 Å². The van der Waals surface area contributed by atoms with Crippen LogP contribution in [0, 0.1) is 5.92 Å². The molecule has 0 amide bonds. The maximum atomic E-state index is 3.56. The van der Waals surface area contributed by atoms with Crippen molar-refractivity contribution in [2.75, 3.05) is 18.1 Å². The van der Waals surface area contributed by atoms with Gasteiger partial charge in [-0.2, -0.15) is 11.8 Å². The fourth-order valence-electron chi connectivity index (χ4n) is 1.25. The SMILES string of the molecule is CCCNC1CSCC1C. The first-order valence-electron chi connectivity index (χ1n) is 4.15. The van der Waals surface area contributed by atoms with Gasteiger partial charge in [0.2, 0.25) is 0 Å². The van der Waals surface area contributed by atoms with E-state index in [2.05, 4.69) is 30.9 Å². The van der Waals surface area contributed by atoms with Crippen LogP contribution in [0.3, 0.4) is 0 Å². The van der Waals surface area contributed by atoms with E-state index in [1.165, 1.54) is 24.5 Å². The minimum absolute atomic E-state index is 0.796. The average molecular weight is 159 g/mol. The van der Waals surface area contributed by atoms with Crippen LogP contribution in [-0.4, -0.2) is 24.1 Å². The zero-order valence-corrected chi connectivity index (χ0v) is 7.71. The number of hydrogen-bond donors (Lipinski definition) is 1. The molecule has 1 fully saturated rings. The highest BCUT2D eigenvalue weighted by Crippen LogP contribution is 2.23. The largest absolute Gasteiger partial charge is 0.313 e. The molecule has 2 unspecified atom stereocenters. The van der Waals surface area contributed by atoms with Crippen molar-refractivity contribution in [1.29, 1.82) is 0 Å². The molecule has 1 heterocycles. The van der Waals surface area contributed by atoms with E-state index in [4.69, 9.17) is 0 Å². The third kappa shape index (κ3) is 2.17. The third-order valence-electron chi connectivity index (χ3n) is 2.02. The van der Waals surface area contributed by atoms with Gasteiger partial charge in [0.1, 0.15) is 0 Å². The maximum Gasteiger partial charge on any atom is 0.0191 e. The van der Waals surface area contributed by atoms with Crippen molar-refractivity contribution in [3.8, 4) is 0 Å². The normalized spacial score (nSPS) is 33.0. The predicted molar refractivity (Wildman–Crippen MR) is 48.6 cm³/mol. The Morgan fingerprint density at radius 1 is 1.50 bits per heavy atom. The molecule has 0 aromatic carbocycles. The summed E-state index contributed by atoms with van der Waals surface area (Å²) in [4.78, 5) is 0. The van der Waals surface area contributed by atoms with E-state index in [9.17, 15) is 0 Å². The molecule has 0 aliphatic carbocycles. The smallest absolute Gasteiger partial charge is 0.0191 e. The Kier molecular flexibility index (Phi) is 3.57. The minimum atomic E-state index is 0.796. The molecular formula is C8H17NS. The van der Waals surface area contributed by atoms with Crippen molar-refractivity contribution < 1.29 is 0 Å². The van der Waals surface area contributed by atoms with Gasteiger partial charge in [-0.15, -0.1) is 0 Å². The first-order chi connectivity index (χ1) is 4.84. The summed E-state index contributed by atoms with van der Waals surface area (Å²) < 4.78 is 0. The van der Waals surface area contributed by atoms with E-state index >= 15 is 0 Å². The van der Waals surface area contributed by atoms with Gasteiger partial charge in [-0.25, -0.2) is 0 Å². The van der Waals surface area contributed by atoms with Gasteiger partial charge in [-0.05, 0) is 24.6 Å². The van der Waals surface area contributed by atoms with Gasteiger partial charge in [0.05, 0.1) is 0 Å². The summed E-state index contributed by atoms with van der Waals surface area (Å²) in [5.41, 5.74) is 0. The highest BCUT2D eigenvalue weighted by molar-refractivity contribution is 7.99. The first-order valence-corrected chi connectivity index (χ1v) is 5.31. The van der Waals surface area contributed by atoms with Crippen molar-refractivity contribution >= 4 is 11.8 Å². The van der Waals surface area contributed by atoms with Crippen molar-refractivity contribution in [2.24, 2.45) is 5.92 Å². The Balaban J connectivity index is 2.14. The topological polar surface area (TPSA) is 12.0 Å². The lowest BCUT2D eigenvalue weighted by Crippen LogP contribution is -2.34. The summed E-state index contributed by atoms with van der Waals surface area (Å²) >= 11 is 2.08. The van der Waals surface area contributed by atoms with Gasteiger partial charge in [0.15, 0.2) is 0 Å². The molecule has 0 aromatic rings. The van der Waals surface area contributed by atoms with Crippen LogP contribution in [0.4, 0.5) is 0 Å². The highest BCUT2D eigenvalue weighted by Gasteiger charge is 2.22. The fourth-order valence-corrected chi connectivity index (χ4v) is 2.69. The second-order valence-corrected chi connectivity index (χ2v) is 4.15. The monoisotopic (exact) mass is 159 g/mol. The zero-order chi connectivity index (χ0) is 7.40. The molecule has 10 heavy (non-hydrogen) atoms. The van der Waals surface area contributed by atoms with Gasteiger partial charge in [0.25, 0.3) is 0 Å². The molecule has 0 spiro atoms. The van der Waals surface area contributed by atoms with Crippen LogP contribution < -0.4 is 5.32 Å². The second kappa shape index (κ2) is 4.24. The summed E-state index contributed by atoms with van der Waals surface area (Å²) in [6.07, 6.45) is 1.26. The van der Waals surface area contributed by atoms with E-state index in [1.54, 1.807) is 0 Å². The van der Waals surface area contributed by atoms with Crippen molar-refractivity contribution in [3.05, 3.63) is 0 Å². The molecule has 0 saturated carbocycles. The van der Waals surface area contributed by atoms with E-state index < -0.39 is 0 Å². The van der Waals surface area contributed by atoms with E-state index in [1.807, 2.05) is 0 Å². The zero-order valence-electron chi connectivity index (χ0n) is 6.89. The predicted octanol–water partition coefficient (Wildman–Crippen LogP) is 1.74. The molecule has 1 rings (SSSR count). The van der Waals surface area contributed by atoms with Gasteiger partial charge in [-0.1, -0.05) is 13.8 Å². The lowest BCUT2D eigenvalue weighted by molar-refractivity contribution is 0.455.